The van der Waals surface area contributed by atoms with Gasteiger partial charge in [-0.25, -0.2) is 0 Å². The van der Waals surface area contributed by atoms with E-state index >= 15 is 0 Å². The second kappa shape index (κ2) is 4.28. The molecular weight excluding hydrogens is 190 g/mol. The number of rotatable bonds is 2. The van der Waals surface area contributed by atoms with E-state index in [1.165, 1.54) is 0 Å². The Morgan fingerprint density at radius 1 is 1.27 bits per heavy atom. The maximum Gasteiger partial charge on any atom is 0.249 e. The average Bonchev–Trinajstić information content (AvgIpc) is 2.30. The van der Waals surface area contributed by atoms with Gasteiger partial charge in [0.25, 0.3) is 0 Å². The van der Waals surface area contributed by atoms with Crippen molar-refractivity contribution in [2.45, 2.75) is 13.2 Å². The van der Waals surface area contributed by atoms with Gasteiger partial charge >= 0.3 is 0 Å². The van der Waals surface area contributed by atoms with Crippen molar-refractivity contribution in [2.75, 3.05) is 7.11 Å². The maximum atomic E-state index is 5.16. The van der Waals surface area contributed by atoms with Gasteiger partial charge in [0, 0.05) is 18.3 Å². The van der Waals surface area contributed by atoms with Crippen LogP contribution in [0.4, 0.5) is 0 Å². The SMILES string of the molecule is COC1ON=CC(c2ccccc2)=C1C. The van der Waals surface area contributed by atoms with Gasteiger partial charge in [0.1, 0.15) is 0 Å². The summed E-state index contributed by atoms with van der Waals surface area (Å²) in [5, 5.41) is 3.83. The first-order chi connectivity index (χ1) is 7.33. The van der Waals surface area contributed by atoms with Crippen LogP contribution < -0.4 is 0 Å². The van der Waals surface area contributed by atoms with E-state index in [0.717, 1.165) is 16.7 Å². The number of ether oxygens (including phenoxy) is 1. The molecule has 0 fully saturated rings. The van der Waals surface area contributed by atoms with Gasteiger partial charge in [-0.1, -0.05) is 35.5 Å². The van der Waals surface area contributed by atoms with Gasteiger partial charge in [-0.05, 0) is 12.5 Å². The molecule has 0 saturated heterocycles. The summed E-state index contributed by atoms with van der Waals surface area (Å²) in [6, 6.07) is 10.1. The van der Waals surface area contributed by atoms with Crippen molar-refractivity contribution < 1.29 is 9.57 Å². The highest BCUT2D eigenvalue weighted by atomic mass is 16.8. The molecule has 1 aromatic carbocycles. The molecule has 3 nitrogen and oxygen atoms in total. The molecule has 78 valence electrons. The lowest BCUT2D eigenvalue weighted by atomic mass is 10.0. The minimum atomic E-state index is -0.370. The van der Waals surface area contributed by atoms with Crippen molar-refractivity contribution in [3.63, 3.8) is 0 Å². The number of methoxy groups -OCH3 is 1. The van der Waals surface area contributed by atoms with E-state index in [-0.39, 0.29) is 6.29 Å². The second-order valence-corrected chi connectivity index (χ2v) is 3.37. The Hall–Kier alpha value is -1.61. The molecule has 1 heterocycles. The quantitative estimate of drug-likeness (QED) is 0.739. The molecule has 0 N–H and O–H groups in total. The summed E-state index contributed by atoms with van der Waals surface area (Å²) >= 11 is 0. The van der Waals surface area contributed by atoms with Crippen LogP contribution in [0, 0.1) is 0 Å². The van der Waals surface area contributed by atoms with Gasteiger partial charge < -0.3 is 9.57 Å². The molecule has 0 amide bonds. The predicted molar refractivity (Wildman–Crippen MR) is 59.4 cm³/mol. The Morgan fingerprint density at radius 2 is 2.00 bits per heavy atom. The predicted octanol–water partition coefficient (Wildman–Crippen LogP) is 2.45. The normalized spacial score (nSPS) is 20.3. The number of oxime groups is 1. The molecule has 15 heavy (non-hydrogen) atoms. The van der Waals surface area contributed by atoms with E-state index in [1.807, 2.05) is 37.3 Å². The first-order valence-corrected chi connectivity index (χ1v) is 4.81. The standard InChI is InChI=1S/C12H13NO2/c1-9-11(8-13-15-12(9)14-2)10-6-4-3-5-7-10/h3-8,12H,1-2H3. The van der Waals surface area contributed by atoms with Crippen LogP contribution in [0.2, 0.25) is 0 Å². The molecular formula is C12H13NO2. The van der Waals surface area contributed by atoms with Crippen LogP contribution in [0.1, 0.15) is 12.5 Å². The van der Waals surface area contributed by atoms with Crippen molar-refractivity contribution in [3.05, 3.63) is 41.5 Å². The van der Waals surface area contributed by atoms with Crippen LogP contribution in [0.3, 0.4) is 0 Å². The Labute approximate surface area is 89.0 Å². The van der Waals surface area contributed by atoms with E-state index in [9.17, 15) is 0 Å². The van der Waals surface area contributed by atoms with Crippen LogP contribution in [-0.4, -0.2) is 19.6 Å². The van der Waals surface area contributed by atoms with Crippen LogP contribution in [-0.2, 0) is 9.57 Å². The Balaban J connectivity index is 2.40. The Bertz CT molecular complexity index is 395. The van der Waals surface area contributed by atoms with Gasteiger partial charge in [0.05, 0.1) is 6.21 Å². The minimum absolute atomic E-state index is 0.370. The molecule has 0 bridgehead atoms. The van der Waals surface area contributed by atoms with E-state index in [1.54, 1.807) is 13.3 Å². The first-order valence-electron chi connectivity index (χ1n) is 4.81. The zero-order chi connectivity index (χ0) is 10.7. The van der Waals surface area contributed by atoms with Crippen LogP contribution in [0.15, 0.2) is 41.1 Å². The van der Waals surface area contributed by atoms with Crippen molar-refractivity contribution in [3.8, 4) is 0 Å². The molecule has 1 aliphatic heterocycles. The molecule has 1 atom stereocenters. The van der Waals surface area contributed by atoms with Gasteiger partial charge in [-0.3, -0.25) is 0 Å². The van der Waals surface area contributed by atoms with E-state index in [2.05, 4.69) is 5.16 Å². The Morgan fingerprint density at radius 3 is 2.67 bits per heavy atom. The van der Waals surface area contributed by atoms with Crippen LogP contribution in [0.5, 0.6) is 0 Å². The summed E-state index contributed by atoms with van der Waals surface area (Å²) < 4.78 is 5.16. The Kier molecular flexibility index (Phi) is 2.83. The number of hydrogen-bond acceptors (Lipinski definition) is 3. The third-order valence-electron chi connectivity index (χ3n) is 2.42. The highest BCUT2D eigenvalue weighted by molar-refractivity contribution is 6.11. The summed E-state index contributed by atoms with van der Waals surface area (Å²) in [5.41, 5.74) is 3.23. The molecule has 3 heteroatoms. The van der Waals surface area contributed by atoms with E-state index in [4.69, 9.17) is 9.57 Å². The van der Waals surface area contributed by atoms with Gasteiger partial charge in [0.15, 0.2) is 0 Å². The molecule has 0 aliphatic carbocycles. The topological polar surface area (TPSA) is 30.8 Å². The summed E-state index contributed by atoms with van der Waals surface area (Å²) in [7, 11) is 1.61. The highest BCUT2D eigenvalue weighted by Crippen LogP contribution is 2.24. The number of nitrogens with zero attached hydrogens (tertiary/aromatic N) is 1. The zero-order valence-electron chi connectivity index (χ0n) is 8.81. The lowest BCUT2D eigenvalue weighted by Gasteiger charge is -2.20. The van der Waals surface area contributed by atoms with Gasteiger partial charge in [-0.15, -0.1) is 0 Å². The number of benzene rings is 1. The summed E-state index contributed by atoms with van der Waals surface area (Å²) in [6.45, 7) is 1.99. The van der Waals surface area contributed by atoms with Gasteiger partial charge in [0.2, 0.25) is 6.29 Å². The molecule has 0 saturated carbocycles. The molecule has 1 aromatic rings. The third-order valence-corrected chi connectivity index (χ3v) is 2.42. The number of allylic oxidation sites excluding steroid dienone is 1. The lowest BCUT2D eigenvalue weighted by molar-refractivity contribution is -0.0976. The molecule has 1 unspecified atom stereocenters. The smallest absolute Gasteiger partial charge is 0.249 e. The van der Waals surface area contributed by atoms with Crippen molar-refractivity contribution in [1.82, 2.24) is 0 Å². The lowest BCUT2D eigenvalue weighted by Crippen LogP contribution is -2.19. The zero-order valence-corrected chi connectivity index (χ0v) is 8.81. The number of hydrogen-bond donors (Lipinski definition) is 0. The highest BCUT2D eigenvalue weighted by Gasteiger charge is 2.19. The fraction of sp³-hybridized carbons (Fsp3) is 0.250. The molecule has 0 spiro atoms. The summed E-state index contributed by atoms with van der Waals surface area (Å²) in [4.78, 5) is 5.08. The van der Waals surface area contributed by atoms with Crippen LogP contribution in [0.25, 0.3) is 5.57 Å². The minimum Gasteiger partial charge on any atom is -0.359 e. The fourth-order valence-corrected chi connectivity index (χ4v) is 1.59. The summed E-state index contributed by atoms with van der Waals surface area (Å²) in [6.07, 6.45) is 1.35. The largest absolute Gasteiger partial charge is 0.359 e. The molecule has 1 aliphatic rings. The summed E-state index contributed by atoms with van der Waals surface area (Å²) in [5.74, 6) is 0. The molecule has 0 aromatic heterocycles. The van der Waals surface area contributed by atoms with Crippen molar-refractivity contribution >= 4 is 11.8 Å². The molecule has 0 radical (unpaired) electrons. The van der Waals surface area contributed by atoms with E-state index < -0.39 is 0 Å². The van der Waals surface area contributed by atoms with Crippen molar-refractivity contribution in [2.24, 2.45) is 5.16 Å². The maximum absolute atomic E-state index is 5.16. The third kappa shape index (κ3) is 1.92. The monoisotopic (exact) mass is 203 g/mol. The van der Waals surface area contributed by atoms with E-state index in [0.29, 0.717) is 0 Å². The van der Waals surface area contributed by atoms with Gasteiger partial charge in [-0.2, -0.15) is 0 Å². The average molecular weight is 203 g/mol. The molecule has 2 rings (SSSR count). The fourth-order valence-electron chi connectivity index (χ4n) is 1.59. The van der Waals surface area contributed by atoms with Crippen molar-refractivity contribution in [1.29, 1.82) is 0 Å². The second-order valence-electron chi connectivity index (χ2n) is 3.37. The van der Waals surface area contributed by atoms with Crippen LogP contribution >= 0.6 is 0 Å². The first kappa shape index (κ1) is 9.93.